The Morgan fingerprint density at radius 1 is 0.735 bits per heavy atom. The zero-order valence-corrected chi connectivity index (χ0v) is 17.0. The predicted molar refractivity (Wildman–Crippen MR) is 106 cm³/mol. The highest BCUT2D eigenvalue weighted by Gasteiger charge is 2.33. The summed E-state index contributed by atoms with van der Waals surface area (Å²) in [5.41, 5.74) is -2.78. The summed E-state index contributed by atoms with van der Waals surface area (Å²) in [6, 6.07) is 6.66. The maximum absolute atomic E-state index is 13.6. The van der Waals surface area contributed by atoms with Crippen molar-refractivity contribution in [2.45, 2.75) is 6.18 Å². The van der Waals surface area contributed by atoms with E-state index in [0.29, 0.717) is 6.07 Å². The summed E-state index contributed by atoms with van der Waals surface area (Å²) in [7, 11) is 0. The minimum absolute atomic E-state index is 0.0811. The molecule has 0 spiro atoms. The summed E-state index contributed by atoms with van der Waals surface area (Å²) >= 11 is 5.51. The normalized spacial score (nSPS) is 11.7. The molecule has 0 saturated heterocycles. The van der Waals surface area contributed by atoms with Crippen molar-refractivity contribution in [3.63, 3.8) is 0 Å². The van der Waals surface area contributed by atoms with Gasteiger partial charge in [0.05, 0.1) is 16.3 Å². The number of rotatable bonds is 4. The van der Waals surface area contributed by atoms with E-state index in [9.17, 15) is 39.9 Å². The van der Waals surface area contributed by atoms with Gasteiger partial charge in [0.15, 0.2) is 29.0 Å². The van der Waals surface area contributed by atoms with Gasteiger partial charge in [-0.1, -0.05) is 11.6 Å². The van der Waals surface area contributed by atoms with Gasteiger partial charge < -0.3 is 10.6 Å². The van der Waals surface area contributed by atoms with Crippen molar-refractivity contribution in [3.8, 4) is 0 Å². The Morgan fingerprint density at radius 3 is 1.79 bits per heavy atom. The number of nitrogens with zero attached hydrogens (tertiary/aromatic N) is 2. The monoisotopic (exact) mass is 508 g/mol. The van der Waals surface area contributed by atoms with Crippen molar-refractivity contribution in [2.24, 2.45) is 10.2 Å². The van der Waals surface area contributed by atoms with Crippen molar-refractivity contribution in [1.29, 1.82) is 0 Å². The molecule has 3 aromatic rings. The first kappa shape index (κ1) is 24.9. The largest absolute Gasteiger partial charge is 0.417 e. The topological polar surface area (TPSA) is 65.8 Å². The molecule has 14 heteroatoms. The molecule has 0 radical (unpaired) electrons. The quantitative estimate of drug-likeness (QED) is 0.159. The first-order valence-corrected chi connectivity index (χ1v) is 9.24. The average Bonchev–Trinajstić information content (AvgIpc) is 2.78. The van der Waals surface area contributed by atoms with Crippen LogP contribution in [0.15, 0.2) is 52.7 Å². The van der Waals surface area contributed by atoms with Crippen LogP contribution in [0.25, 0.3) is 0 Å². The van der Waals surface area contributed by atoms with Crippen molar-refractivity contribution >= 4 is 40.4 Å². The SMILES string of the molecule is O=C(Nc1ccc(/N=N/c2c(F)c(F)c(F)c(F)c2F)cc1)Nc1ccc(Cl)c(C(F)(F)F)c1. The lowest BCUT2D eigenvalue weighted by atomic mass is 10.2. The molecule has 0 bridgehead atoms. The molecular formula is C20H9ClF8N4O. The fraction of sp³-hybridized carbons (Fsp3) is 0.0500. The molecule has 0 saturated carbocycles. The van der Waals surface area contributed by atoms with Crippen molar-refractivity contribution in [2.75, 3.05) is 10.6 Å². The Balaban J connectivity index is 1.70. The van der Waals surface area contributed by atoms with E-state index in [1.54, 1.807) is 0 Å². The number of urea groups is 1. The molecule has 0 unspecified atom stereocenters. The molecule has 34 heavy (non-hydrogen) atoms. The molecule has 0 fully saturated rings. The summed E-state index contributed by atoms with van der Waals surface area (Å²) in [6.07, 6.45) is -4.73. The molecule has 0 atom stereocenters. The zero-order chi connectivity index (χ0) is 25.2. The predicted octanol–water partition coefficient (Wildman–Crippen LogP) is 8.11. The van der Waals surface area contributed by atoms with E-state index in [4.69, 9.17) is 11.6 Å². The highest BCUT2D eigenvalue weighted by molar-refractivity contribution is 6.31. The number of benzene rings is 3. The molecule has 0 aliphatic heterocycles. The minimum Gasteiger partial charge on any atom is -0.308 e. The maximum atomic E-state index is 13.6. The molecule has 3 aromatic carbocycles. The minimum atomic E-state index is -4.73. The third kappa shape index (κ3) is 5.42. The molecule has 178 valence electrons. The van der Waals surface area contributed by atoms with Gasteiger partial charge in [-0.15, -0.1) is 5.11 Å². The maximum Gasteiger partial charge on any atom is 0.417 e. The Morgan fingerprint density at radius 2 is 1.24 bits per heavy atom. The van der Waals surface area contributed by atoms with Crippen LogP contribution < -0.4 is 10.6 Å². The fourth-order valence-corrected chi connectivity index (χ4v) is 2.74. The third-order valence-corrected chi connectivity index (χ3v) is 4.44. The van der Waals surface area contributed by atoms with Gasteiger partial charge in [-0.3, -0.25) is 0 Å². The van der Waals surface area contributed by atoms with Gasteiger partial charge in [-0.25, -0.2) is 26.7 Å². The third-order valence-electron chi connectivity index (χ3n) is 4.11. The number of anilines is 2. The van der Waals surface area contributed by atoms with Crippen molar-refractivity contribution < 1.29 is 39.9 Å². The summed E-state index contributed by atoms with van der Waals surface area (Å²) < 4.78 is 105. The van der Waals surface area contributed by atoms with Gasteiger partial charge in [0, 0.05) is 11.4 Å². The van der Waals surface area contributed by atoms with E-state index in [-0.39, 0.29) is 17.1 Å². The molecule has 0 aliphatic rings. The van der Waals surface area contributed by atoms with Gasteiger partial charge in [-0.05, 0) is 42.5 Å². The second-order valence-electron chi connectivity index (χ2n) is 6.44. The molecule has 0 aromatic heterocycles. The Kier molecular flexibility index (Phi) is 7.05. The van der Waals surface area contributed by atoms with Gasteiger partial charge in [-0.2, -0.15) is 18.3 Å². The lowest BCUT2D eigenvalue weighted by molar-refractivity contribution is -0.137. The van der Waals surface area contributed by atoms with E-state index >= 15 is 0 Å². The molecule has 2 amide bonds. The smallest absolute Gasteiger partial charge is 0.308 e. The highest BCUT2D eigenvalue weighted by atomic mass is 35.5. The summed E-state index contributed by atoms with van der Waals surface area (Å²) in [4.78, 5) is 12.0. The first-order valence-electron chi connectivity index (χ1n) is 8.86. The standard InChI is InChI=1S/C20H9ClF8N4O/c21-12-6-5-10(7-11(12)20(27,28)29)31-19(34)30-8-1-3-9(4-2-8)32-33-18-16(25)14(23)13(22)15(24)17(18)26/h1-7H,(H2,30,31,34)/b33-32+. The van der Waals surface area contributed by atoms with E-state index in [1.807, 2.05) is 0 Å². The molecule has 2 N–H and O–H groups in total. The van der Waals surface area contributed by atoms with Crippen LogP contribution in [0.4, 0.5) is 62.7 Å². The van der Waals surface area contributed by atoms with Crippen LogP contribution in [0.5, 0.6) is 0 Å². The van der Waals surface area contributed by atoms with Crippen LogP contribution in [0.1, 0.15) is 5.56 Å². The number of alkyl halides is 3. The number of nitrogens with one attached hydrogen (secondary N) is 2. The summed E-state index contributed by atoms with van der Waals surface area (Å²) in [5, 5.41) is 10.4. The lowest BCUT2D eigenvalue weighted by Gasteiger charge is -2.12. The van der Waals surface area contributed by atoms with Crippen LogP contribution in [-0.2, 0) is 6.18 Å². The zero-order valence-electron chi connectivity index (χ0n) is 16.2. The van der Waals surface area contributed by atoms with Crippen LogP contribution in [0.3, 0.4) is 0 Å². The second kappa shape index (κ2) is 9.63. The first-order chi connectivity index (χ1) is 15.9. The van der Waals surface area contributed by atoms with E-state index in [2.05, 4.69) is 20.9 Å². The Bertz CT molecular complexity index is 1250. The van der Waals surface area contributed by atoms with Crippen LogP contribution in [0, 0.1) is 29.1 Å². The Labute approximate surface area is 190 Å². The van der Waals surface area contributed by atoms with Gasteiger partial charge in [0.1, 0.15) is 0 Å². The second-order valence-corrected chi connectivity index (χ2v) is 6.84. The van der Waals surface area contributed by atoms with Gasteiger partial charge in [0.25, 0.3) is 0 Å². The number of carbonyl (C=O) groups is 1. The molecule has 5 nitrogen and oxygen atoms in total. The van der Waals surface area contributed by atoms with Crippen molar-refractivity contribution in [1.82, 2.24) is 0 Å². The number of halogens is 9. The molecule has 0 aliphatic carbocycles. The molecule has 0 heterocycles. The van der Waals surface area contributed by atoms with Gasteiger partial charge >= 0.3 is 12.2 Å². The lowest BCUT2D eigenvalue weighted by Crippen LogP contribution is -2.19. The summed E-state index contributed by atoms with van der Waals surface area (Å²) in [6.45, 7) is 0. The van der Waals surface area contributed by atoms with Gasteiger partial charge in [0.2, 0.25) is 5.82 Å². The molecule has 3 rings (SSSR count). The summed E-state index contributed by atoms with van der Waals surface area (Å²) in [5.74, 6) is -11.0. The molecular weight excluding hydrogens is 500 g/mol. The van der Waals surface area contributed by atoms with Crippen LogP contribution >= 0.6 is 11.6 Å². The highest BCUT2D eigenvalue weighted by Crippen LogP contribution is 2.36. The number of carbonyl (C=O) groups excluding carboxylic acids is 1. The van der Waals surface area contributed by atoms with Crippen LogP contribution in [-0.4, -0.2) is 6.03 Å². The number of hydrogen-bond acceptors (Lipinski definition) is 3. The van der Waals surface area contributed by atoms with E-state index in [1.165, 1.54) is 24.3 Å². The van der Waals surface area contributed by atoms with E-state index < -0.39 is 57.6 Å². The van der Waals surface area contributed by atoms with Crippen LogP contribution in [0.2, 0.25) is 5.02 Å². The van der Waals surface area contributed by atoms with Crippen molar-refractivity contribution in [3.05, 3.63) is 82.1 Å². The number of amides is 2. The number of hydrogen-bond donors (Lipinski definition) is 2. The Hall–Kier alpha value is -3.74. The fourth-order valence-electron chi connectivity index (χ4n) is 2.51. The number of azo groups is 1. The average molecular weight is 509 g/mol. The van der Waals surface area contributed by atoms with E-state index in [0.717, 1.165) is 12.1 Å².